The molecule has 0 spiro atoms. The van der Waals surface area contributed by atoms with Gasteiger partial charge in [0.05, 0.1) is 33.6 Å². The molecule has 22 heavy (non-hydrogen) atoms. The summed E-state index contributed by atoms with van der Waals surface area (Å²) in [6.07, 6.45) is 1.68. The second kappa shape index (κ2) is 7.31. The third-order valence-corrected chi connectivity index (χ3v) is 3.10. The summed E-state index contributed by atoms with van der Waals surface area (Å²) in [7, 11) is 4.52. The van der Waals surface area contributed by atoms with Crippen LogP contribution >= 0.6 is 0 Å². The van der Waals surface area contributed by atoms with Crippen molar-refractivity contribution in [3.8, 4) is 17.2 Å². The number of amides is 1. The summed E-state index contributed by atoms with van der Waals surface area (Å²) in [5.74, 6) is 1.02. The van der Waals surface area contributed by atoms with Gasteiger partial charge in [-0.1, -0.05) is 6.07 Å². The van der Waals surface area contributed by atoms with E-state index < -0.39 is 0 Å². The lowest BCUT2D eigenvalue weighted by molar-refractivity contribution is 0.0944. The Morgan fingerprint density at radius 2 is 1.77 bits per heavy atom. The highest BCUT2D eigenvalue weighted by Gasteiger charge is 2.20. The lowest BCUT2D eigenvalue weighted by Gasteiger charge is -2.14. The molecule has 0 atom stereocenters. The quantitative estimate of drug-likeness (QED) is 0.884. The van der Waals surface area contributed by atoms with Gasteiger partial charge in [-0.05, 0) is 12.1 Å². The highest BCUT2D eigenvalue weighted by atomic mass is 16.5. The molecule has 116 valence electrons. The van der Waals surface area contributed by atoms with Gasteiger partial charge in [-0.15, -0.1) is 0 Å². The number of rotatable bonds is 6. The average Bonchev–Trinajstić information content (AvgIpc) is 2.59. The van der Waals surface area contributed by atoms with Gasteiger partial charge in [0.15, 0.2) is 0 Å². The summed E-state index contributed by atoms with van der Waals surface area (Å²) in [4.78, 5) is 16.6. The SMILES string of the molecule is COc1cc(OC)c(C(=O)NCc2ccccn2)c(OC)c1. The molecule has 0 aliphatic rings. The maximum absolute atomic E-state index is 12.4. The number of ether oxygens (including phenoxy) is 3. The van der Waals surface area contributed by atoms with E-state index in [0.29, 0.717) is 29.4 Å². The maximum Gasteiger partial charge on any atom is 0.259 e. The fourth-order valence-electron chi connectivity index (χ4n) is 1.99. The molecule has 0 bridgehead atoms. The molecule has 6 heteroatoms. The standard InChI is InChI=1S/C16H18N2O4/c1-20-12-8-13(21-2)15(14(9-12)22-3)16(19)18-10-11-6-4-5-7-17-11/h4-9H,10H2,1-3H3,(H,18,19). The Balaban J connectivity index is 2.24. The van der Waals surface area contributed by atoms with Crippen LogP contribution in [0.3, 0.4) is 0 Å². The lowest BCUT2D eigenvalue weighted by atomic mass is 10.1. The Morgan fingerprint density at radius 3 is 2.27 bits per heavy atom. The highest BCUT2D eigenvalue weighted by Crippen LogP contribution is 2.33. The molecule has 1 amide bonds. The zero-order valence-corrected chi connectivity index (χ0v) is 12.8. The van der Waals surface area contributed by atoms with Crippen molar-refractivity contribution in [2.75, 3.05) is 21.3 Å². The molecule has 6 nitrogen and oxygen atoms in total. The van der Waals surface area contributed by atoms with Crippen molar-refractivity contribution in [2.24, 2.45) is 0 Å². The van der Waals surface area contributed by atoms with Crippen LogP contribution in [-0.4, -0.2) is 32.2 Å². The van der Waals surface area contributed by atoms with Crippen molar-refractivity contribution in [2.45, 2.75) is 6.54 Å². The molecule has 0 radical (unpaired) electrons. The van der Waals surface area contributed by atoms with E-state index in [1.807, 2.05) is 18.2 Å². The maximum atomic E-state index is 12.4. The monoisotopic (exact) mass is 302 g/mol. The minimum Gasteiger partial charge on any atom is -0.496 e. The number of benzene rings is 1. The Morgan fingerprint density at radius 1 is 1.09 bits per heavy atom. The first-order valence-corrected chi connectivity index (χ1v) is 6.67. The first kappa shape index (κ1) is 15.6. The predicted molar refractivity (Wildman–Crippen MR) is 81.5 cm³/mol. The number of carbonyl (C=O) groups is 1. The molecule has 2 rings (SSSR count). The first-order valence-electron chi connectivity index (χ1n) is 6.67. The Labute approximate surface area is 129 Å². The lowest BCUT2D eigenvalue weighted by Crippen LogP contribution is -2.24. The summed E-state index contributed by atoms with van der Waals surface area (Å²) in [5.41, 5.74) is 1.09. The molecule has 1 heterocycles. The van der Waals surface area contributed by atoms with Gasteiger partial charge in [-0.2, -0.15) is 0 Å². The zero-order chi connectivity index (χ0) is 15.9. The van der Waals surface area contributed by atoms with E-state index in [1.165, 1.54) is 21.3 Å². The van der Waals surface area contributed by atoms with Gasteiger partial charge in [-0.3, -0.25) is 9.78 Å². The topological polar surface area (TPSA) is 69.7 Å². The van der Waals surface area contributed by atoms with Crippen LogP contribution in [0.2, 0.25) is 0 Å². The molecule has 1 aromatic heterocycles. The van der Waals surface area contributed by atoms with Gasteiger partial charge >= 0.3 is 0 Å². The summed E-state index contributed by atoms with van der Waals surface area (Å²) in [6, 6.07) is 8.79. The normalized spacial score (nSPS) is 9.95. The van der Waals surface area contributed by atoms with E-state index in [2.05, 4.69) is 10.3 Å². The van der Waals surface area contributed by atoms with Crippen molar-refractivity contribution in [1.82, 2.24) is 10.3 Å². The summed E-state index contributed by atoms with van der Waals surface area (Å²) < 4.78 is 15.7. The smallest absolute Gasteiger partial charge is 0.259 e. The van der Waals surface area contributed by atoms with Gasteiger partial charge in [0.25, 0.3) is 5.91 Å². The van der Waals surface area contributed by atoms with Crippen LogP contribution in [0.25, 0.3) is 0 Å². The fourth-order valence-corrected chi connectivity index (χ4v) is 1.99. The Kier molecular flexibility index (Phi) is 5.19. The second-order valence-corrected chi connectivity index (χ2v) is 4.41. The number of hydrogen-bond acceptors (Lipinski definition) is 5. The molecule has 0 aliphatic heterocycles. The number of carbonyl (C=O) groups excluding carboxylic acids is 1. The van der Waals surface area contributed by atoms with E-state index in [0.717, 1.165) is 5.69 Å². The molecule has 0 aliphatic carbocycles. The number of aromatic nitrogens is 1. The number of nitrogens with one attached hydrogen (secondary N) is 1. The van der Waals surface area contributed by atoms with Crippen LogP contribution in [-0.2, 0) is 6.54 Å². The van der Waals surface area contributed by atoms with Crippen molar-refractivity contribution >= 4 is 5.91 Å². The van der Waals surface area contributed by atoms with Crippen LogP contribution in [0.5, 0.6) is 17.2 Å². The van der Waals surface area contributed by atoms with Gasteiger partial charge in [-0.25, -0.2) is 0 Å². The number of methoxy groups -OCH3 is 3. The third-order valence-electron chi connectivity index (χ3n) is 3.10. The van der Waals surface area contributed by atoms with Crippen molar-refractivity contribution in [1.29, 1.82) is 0 Å². The molecule has 0 unspecified atom stereocenters. The van der Waals surface area contributed by atoms with Crippen molar-refractivity contribution in [3.63, 3.8) is 0 Å². The van der Waals surface area contributed by atoms with Crippen LogP contribution in [0.4, 0.5) is 0 Å². The summed E-state index contributed by atoms with van der Waals surface area (Å²) in [6.45, 7) is 0.317. The number of pyridine rings is 1. The summed E-state index contributed by atoms with van der Waals surface area (Å²) >= 11 is 0. The van der Waals surface area contributed by atoms with Crippen LogP contribution < -0.4 is 19.5 Å². The van der Waals surface area contributed by atoms with Crippen molar-refractivity contribution < 1.29 is 19.0 Å². The van der Waals surface area contributed by atoms with Gasteiger partial charge in [0.1, 0.15) is 22.8 Å². The van der Waals surface area contributed by atoms with Crippen molar-refractivity contribution in [3.05, 3.63) is 47.8 Å². The van der Waals surface area contributed by atoms with E-state index in [-0.39, 0.29) is 5.91 Å². The van der Waals surface area contributed by atoms with Crippen LogP contribution in [0.15, 0.2) is 36.5 Å². The molecular formula is C16H18N2O4. The minimum absolute atomic E-state index is 0.304. The predicted octanol–water partition coefficient (Wildman–Crippen LogP) is 2.04. The highest BCUT2D eigenvalue weighted by molar-refractivity contribution is 6.00. The number of hydrogen-bond donors (Lipinski definition) is 1. The molecule has 0 saturated carbocycles. The molecule has 1 aromatic carbocycles. The number of nitrogens with zero attached hydrogens (tertiary/aromatic N) is 1. The molecule has 2 aromatic rings. The van der Waals surface area contributed by atoms with E-state index in [9.17, 15) is 4.79 Å². The first-order chi connectivity index (χ1) is 10.7. The molecular weight excluding hydrogens is 284 g/mol. The van der Waals surface area contributed by atoms with Gasteiger partial charge < -0.3 is 19.5 Å². The minimum atomic E-state index is -0.304. The molecule has 0 fully saturated rings. The fraction of sp³-hybridized carbons (Fsp3) is 0.250. The van der Waals surface area contributed by atoms with Crippen LogP contribution in [0, 0.1) is 0 Å². The van der Waals surface area contributed by atoms with E-state index >= 15 is 0 Å². The Bertz CT molecular complexity index is 619. The molecule has 1 N–H and O–H groups in total. The van der Waals surface area contributed by atoms with Gasteiger partial charge in [0.2, 0.25) is 0 Å². The average molecular weight is 302 g/mol. The second-order valence-electron chi connectivity index (χ2n) is 4.41. The molecule has 0 saturated heterocycles. The third kappa shape index (κ3) is 3.46. The van der Waals surface area contributed by atoms with Crippen LogP contribution in [0.1, 0.15) is 16.1 Å². The zero-order valence-electron chi connectivity index (χ0n) is 12.8. The van der Waals surface area contributed by atoms with E-state index in [4.69, 9.17) is 14.2 Å². The van der Waals surface area contributed by atoms with Gasteiger partial charge in [0, 0.05) is 18.3 Å². The van der Waals surface area contributed by atoms with E-state index in [1.54, 1.807) is 18.3 Å². The largest absolute Gasteiger partial charge is 0.496 e. The summed E-state index contributed by atoms with van der Waals surface area (Å²) in [5, 5.41) is 2.80. The Hall–Kier alpha value is -2.76.